The Bertz CT molecular complexity index is 341. The molecule has 1 aliphatic heterocycles. The van der Waals surface area contributed by atoms with E-state index in [1.165, 1.54) is 103 Å². The lowest BCUT2D eigenvalue weighted by molar-refractivity contribution is 0.508. The summed E-state index contributed by atoms with van der Waals surface area (Å²) in [6.07, 6.45) is 27.9. The van der Waals surface area contributed by atoms with E-state index in [-0.39, 0.29) is 0 Å². The lowest BCUT2D eigenvalue weighted by atomic mass is 10.0. The Kier molecular flexibility index (Phi) is 13.5. The highest BCUT2D eigenvalue weighted by atomic mass is 28.3. The molecule has 0 aromatic carbocycles. The third-order valence-corrected chi connectivity index (χ3v) is 9.44. The minimum Gasteiger partial charge on any atom is -0.0930 e. The van der Waals surface area contributed by atoms with Crippen molar-refractivity contribution >= 4 is 8.80 Å². The van der Waals surface area contributed by atoms with Gasteiger partial charge in [0.2, 0.25) is 0 Å². The van der Waals surface area contributed by atoms with E-state index in [1.807, 2.05) is 0 Å². The van der Waals surface area contributed by atoms with Crippen LogP contribution in [0.5, 0.6) is 0 Å². The minimum atomic E-state index is -0.744. The maximum Gasteiger partial charge on any atom is 0.0907 e. The number of rotatable bonds is 17. The Morgan fingerprint density at radius 1 is 0.560 bits per heavy atom. The molecule has 1 aliphatic rings. The predicted octanol–water partition coefficient (Wildman–Crippen LogP) is 8.46. The first kappa shape index (κ1) is 22.7. The van der Waals surface area contributed by atoms with Crippen LogP contribution in [0.2, 0.25) is 5.04 Å². The van der Waals surface area contributed by atoms with Gasteiger partial charge in [0.05, 0.1) is 8.80 Å². The molecule has 0 aromatic rings. The molecule has 0 bridgehead atoms. The zero-order chi connectivity index (χ0) is 18.2. The summed E-state index contributed by atoms with van der Waals surface area (Å²) in [6, 6.07) is 0. The number of allylic oxidation sites excluding steroid dienone is 2. The number of unbranched alkanes of at least 4 members (excludes halogenated alkanes) is 14. The van der Waals surface area contributed by atoms with E-state index in [2.05, 4.69) is 44.3 Å². The van der Waals surface area contributed by atoms with Gasteiger partial charge in [-0.3, -0.25) is 0 Å². The molecule has 0 N–H and O–H groups in total. The zero-order valence-electron chi connectivity index (χ0n) is 17.7. The van der Waals surface area contributed by atoms with Crippen LogP contribution in [0.1, 0.15) is 124 Å². The van der Waals surface area contributed by atoms with Crippen molar-refractivity contribution in [2.45, 2.75) is 129 Å². The number of hydrogen-bond acceptors (Lipinski definition) is 0. The largest absolute Gasteiger partial charge is 0.0930 e. The molecular formula is C24H46Si. The van der Waals surface area contributed by atoms with E-state index in [9.17, 15) is 0 Å². The molecule has 0 fully saturated rings. The SMILES string of the molecule is CCCCCCCCCCCCCCCCCC(C)(C)[SiH]1C=CC=C1. The van der Waals surface area contributed by atoms with E-state index >= 15 is 0 Å². The monoisotopic (exact) mass is 362 g/mol. The van der Waals surface area contributed by atoms with Gasteiger partial charge < -0.3 is 0 Å². The second-order valence-electron chi connectivity index (χ2n) is 8.98. The van der Waals surface area contributed by atoms with Crippen LogP contribution in [-0.4, -0.2) is 8.80 Å². The van der Waals surface area contributed by atoms with Crippen molar-refractivity contribution in [2.24, 2.45) is 0 Å². The van der Waals surface area contributed by atoms with E-state index in [0.717, 1.165) is 0 Å². The Morgan fingerprint density at radius 3 is 1.32 bits per heavy atom. The summed E-state index contributed by atoms with van der Waals surface area (Å²) in [6.45, 7) is 7.29. The second-order valence-corrected chi connectivity index (χ2v) is 12.4. The van der Waals surface area contributed by atoms with Crippen LogP contribution in [0.25, 0.3) is 0 Å². The zero-order valence-corrected chi connectivity index (χ0v) is 18.9. The molecule has 1 rings (SSSR count). The van der Waals surface area contributed by atoms with Gasteiger partial charge in [0.25, 0.3) is 0 Å². The van der Waals surface area contributed by atoms with Gasteiger partial charge in [0.15, 0.2) is 0 Å². The summed E-state index contributed by atoms with van der Waals surface area (Å²) < 4.78 is 0. The summed E-state index contributed by atoms with van der Waals surface area (Å²) in [5.74, 6) is 0. The van der Waals surface area contributed by atoms with Crippen LogP contribution in [0.3, 0.4) is 0 Å². The molecule has 0 nitrogen and oxygen atoms in total. The van der Waals surface area contributed by atoms with Crippen LogP contribution in [0.15, 0.2) is 23.6 Å². The molecule has 0 radical (unpaired) electrons. The van der Waals surface area contributed by atoms with Gasteiger partial charge in [-0.2, -0.15) is 0 Å². The van der Waals surface area contributed by atoms with Crippen LogP contribution in [0.4, 0.5) is 0 Å². The summed E-state index contributed by atoms with van der Waals surface area (Å²) in [7, 11) is -0.744. The fourth-order valence-electron chi connectivity index (χ4n) is 4.07. The smallest absolute Gasteiger partial charge is 0.0907 e. The van der Waals surface area contributed by atoms with Crippen LogP contribution < -0.4 is 0 Å². The first-order chi connectivity index (χ1) is 12.2. The van der Waals surface area contributed by atoms with Gasteiger partial charge in [0, 0.05) is 0 Å². The summed E-state index contributed by atoms with van der Waals surface area (Å²) >= 11 is 0. The first-order valence-corrected chi connectivity index (χ1v) is 13.4. The van der Waals surface area contributed by atoms with Crippen molar-refractivity contribution < 1.29 is 0 Å². The molecule has 0 atom stereocenters. The van der Waals surface area contributed by atoms with Gasteiger partial charge in [-0.05, 0) is 5.04 Å². The predicted molar refractivity (Wildman–Crippen MR) is 119 cm³/mol. The number of hydrogen-bond donors (Lipinski definition) is 0. The van der Waals surface area contributed by atoms with E-state index in [0.29, 0.717) is 5.04 Å². The summed E-state index contributed by atoms with van der Waals surface area (Å²) in [4.78, 5) is 0. The second kappa shape index (κ2) is 14.8. The van der Waals surface area contributed by atoms with Crippen molar-refractivity contribution in [2.75, 3.05) is 0 Å². The van der Waals surface area contributed by atoms with Crippen molar-refractivity contribution in [1.29, 1.82) is 0 Å². The average Bonchev–Trinajstić information content (AvgIpc) is 3.14. The molecule has 0 unspecified atom stereocenters. The molecule has 0 aliphatic carbocycles. The quantitative estimate of drug-likeness (QED) is 0.180. The molecule has 0 amide bonds. The van der Waals surface area contributed by atoms with Gasteiger partial charge in [-0.1, -0.05) is 147 Å². The molecule has 0 saturated carbocycles. The van der Waals surface area contributed by atoms with Crippen molar-refractivity contribution in [1.82, 2.24) is 0 Å². The lowest BCUT2D eigenvalue weighted by Crippen LogP contribution is -2.23. The molecule has 0 spiro atoms. The van der Waals surface area contributed by atoms with Gasteiger partial charge in [-0.15, -0.1) is 0 Å². The highest BCUT2D eigenvalue weighted by Crippen LogP contribution is 2.37. The Hall–Kier alpha value is -0.303. The fraction of sp³-hybridized carbons (Fsp3) is 0.833. The van der Waals surface area contributed by atoms with Crippen molar-refractivity contribution in [3.8, 4) is 0 Å². The fourth-order valence-corrected chi connectivity index (χ4v) is 6.51. The topological polar surface area (TPSA) is 0 Å². The van der Waals surface area contributed by atoms with E-state index in [4.69, 9.17) is 0 Å². The van der Waals surface area contributed by atoms with Gasteiger partial charge in [0.1, 0.15) is 0 Å². The Morgan fingerprint density at radius 2 is 0.920 bits per heavy atom. The van der Waals surface area contributed by atoms with Gasteiger partial charge in [-0.25, -0.2) is 0 Å². The van der Waals surface area contributed by atoms with Crippen molar-refractivity contribution in [3.05, 3.63) is 23.6 Å². The van der Waals surface area contributed by atoms with E-state index in [1.54, 1.807) is 0 Å². The summed E-state index contributed by atoms with van der Waals surface area (Å²) in [5.41, 5.74) is 5.01. The lowest BCUT2D eigenvalue weighted by Gasteiger charge is -2.28. The third kappa shape index (κ3) is 11.8. The molecule has 25 heavy (non-hydrogen) atoms. The minimum absolute atomic E-state index is 0.583. The van der Waals surface area contributed by atoms with Crippen LogP contribution >= 0.6 is 0 Å². The van der Waals surface area contributed by atoms with Crippen LogP contribution in [-0.2, 0) is 0 Å². The first-order valence-electron chi connectivity index (χ1n) is 11.5. The molecule has 1 heteroatoms. The third-order valence-electron chi connectivity index (χ3n) is 6.08. The summed E-state index contributed by atoms with van der Waals surface area (Å²) in [5, 5.41) is 0.583. The molecule has 0 saturated heterocycles. The normalized spacial score (nSPS) is 14.7. The van der Waals surface area contributed by atoms with Crippen molar-refractivity contribution in [3.63, 3.8) is 0 Å². The molecule has 1 heterocycles. The average molecular weight is 363 g/mol. The maximum atomic E-state index is 2.51. The Labute approximate surface area is 161 Å². The highest BCUT2D eigenvalue weighted by Gasteiger charge is 2.27. The van der Waals surface area contributed by atoms with Crippen LogP contribution in [0, 0.1) is 0 Å². The molecular weight excluding hydrogens is 316 g/mol. The standard InChI is InChI=1S/C24H46Si/c1-4-5-6-7-8-9-10-11-12-13-14-15-16-17-18-21-24(2,3)25-22-19-20-23-25/h19-20,22-23,25H,4-18,21H2,1-3H3. The molecule has 0 aromatic heterocycles. The van der Waals surface area contributed by atoms with E-state index < -0.39 is 8.80 Å². The van der Waals surface area contributed by atoms with Gasteiger partial charge >= 0.3 is 0 Å². The molecule has 146 valence electrons. The Balaban J connectivity index is 1.79. The highest BCUT2D eigenvalue weighted by molar-refractivity contribution is 6.73. The maximum absolute atomic E-state index is 2.51.